The van der Waals surface area contributed by atoms with E-state index in [9.17, 15) is 9.59 Å². The Morgan fingerprint density at radius 2 is 1.71 bits per heavy atom. The molecule has 116 valence electrons. The van der Waals surface area contributed by atoms with Crippen LogP contribution in [0.1, 0.15) is 39.2 Å². The average Bonchev–Trinajstić information content (AvgIpc) is 2.49. The van der Waals surface area contributed by atoms with E-state index in [0.717, 1.165) is 18.4 Å². The molecule has 0 spiro atoms. The van der Waals surface area contributed by atoms with Gasteiger partial charge in [-0.1, -0.05) is 43.7 Å². The van der Waals surface area contributed by atoms with E-state index >= 15 is 0 Å². The molecule has 0 fully saturated rings. The Hall–Kier alpha value is -1.84. The van der Waals surface area contributed by atoms with E-state index in [1.807, 2.05) is 37.3 Å². The van der Waals surface area contributed by atoms with Crippen LogP contribution in [0.15, 0.2) is 30.3 Å². The number of benzene rings is 1. The molecule has 0 aliphatic heterocycles. The maximum Gasteiger partial charge on any atom is 0.242 e. The first-order chi connectivity index (χ1) is 10.1. The fraction of sp³-hybridized carbons (Fsp3) is 0.529. The number of carbonyl (C=O) groups is 2. The third kappa shape index (κ3) is 5.98. The number of likely N-dealkylation sites (N-methyl/N-ethyl adjacent to an activating group) is 1. The lowest BCUT2D eigenvalue weighted by molar-refractivity contribution is -0.139. The van der Waals surface area contributed by atoms with Crippen molar-refractivity contribution in [3.8, 4) is 0 Å². The average molecular weight is 290 g/mol. The van der Waals surface area contributed by atoms with Gasteiger partial charge in [0.05, 0.1) is 6.54 Å². The molecule has 0 heterocycles. The normalized spacial score (nSPS) is 10.2. The number of hydrogen-bond acceptors (Lipinski definition) is 2. The molecule has 4 nitrogen and oxygen atoms in total. The van der Waals surface area contributed by atoms with E-state index in [-0.39, 0.29) is 18.4 Å². The zero-order valence-electron chi connectivity index (χ0n) is 13.3. The van der Waals surface area contributed by atoms with E-state index in [4.69, 9.17) is 0 Å². The zero-order valence-corrected chi connectivity index (χ0v) is 13.3. The zero-order chi connectivity index (χ0) is 15.7. The molecule has 0 bridgehead atoms. The van der Waals surface area contributed by atoms with Crippen LogP contribution in [0.2, 0.25) is 0 Å². The Labute approximate surface area is 127 Å². The van der Waals surface area contributed by atoms with Gasteiger partial charge in [-0.2, -0.15) is 0 Å². The molecule has 4 heteroatoms. The SMILES string of the molecule is CCCCN(CC(=O)N(CC)Cc1ccccc1)C(C)=O. The third-order valence-corrected chi connectivity index (χ3v) is 3.50. The third-order valence-electron chi connectivity index (χ3n) is 3.50. The smallest absolute Gasteiger partial charge is 0.242 e. The maximum atomic E-state index is 12.4. The Morgan fingerprint density at radius 3 is 2.24 bits per heavy atom. The fourth-order valence-corrected chi connectivity index (χ4v) is 2.14. The maximum absolute atomic E-state index is 12.4. The van der Waals surface area contributed by atoms with Gasteiger partial charge in [-0.15, -0.1) is 0 Å². The Bertz CT molecular complexity index is 445. The summed E-state index contributed by atoms with van der Waals surface area (Å²) in [6, 6.07) is 9.92. The summed E-state index contributed by atoms with van der Waals surface area (Å²) in [5.41, 5.74) is 1.11. The minimum Gasteiger partial charge on any atom is -0.337 e. The second kappa shape index (κ2) is 9.16. The van der Waals surface area contributed by atoms with Gasteiger partial charge in [0.1, 0.15) is 0 Å². The highest BCUT2D eigenvalue weighted by Crippen LogP contribution is 2.06. The first-order valence-electron chi connectivity index (χ1n) is 7.65. The summed E-state index contributed by atoms with van der Waals surface area (Å²) in [7, 11) is 0. The first-order valence-corrected chi connectivity index (χ1v) is 7.65. The summed E-state index contributed by atoms with van der Waals surface area (Å²) in [5, 5.41) is 0. The van der Waals surface area contributed by atoms with Gasteiger partial charge < -0.3 is 9.80 Å². The Kier molecular flexibility index (Phi) is 7.51. The van der Waals surface area contributed by atoms with Crippen LogP contribution in [-0.4, -0.2) is 41.2 Å². The van der Waals surface area contributed by atoms with E-state index < -0.39 is 0 Å². The summed E-state index contributed by atoms with van der Waals surface area (Å²) in [6.45, 7) is 7.63. The van der Waals surface area contributed by atoms with Gasteiger partial charge in [0.2, 0.25) is 11.8 Å². The van der Waals surface area contributed by atoms with Crippen LogP contribution in [0.25, 0.3) is 0 Å². The molecule has 0 saturated heterocycles. The number of carbonyl (C=O) groups excluding carboxylic acids is 2. The largest absolute Gasteiger partial charge is 0.337 e. The van der Waals surface area contributed by atoms with Crippen LogP contribution in [0.3, 0.4) is 0 Å². The summed E-state index contributed by atoms with van der Waals surface area (Å²) in [5.74, 6) is -0.0276. The standard InChI is InChI=1S/C17H26N2O2/c1-4-6-12-19(15(3)20)14-17(21)18(5-2)13-16-10-8-7-9-11-16/h7-11H,4-6,12-14H2,1-3H3. The van der Waals surface area contributed by atoms with Crippen molar-refractivity contribution in [2.24, 2.45) is 0 Å². The van der Waals surface area contributed by atoms with Gasteiger partial charge in [0, 0.05) is 26.6 Å². The molecule has 1 rings (SSSR count). The van der Waals surface area contributed by atoms with Crippen molar-refractivity contribution in [3.05, 3.63) is 35.9 Å². The van der Waals surface area contributed by atoms with Crippen LogP contribution >= 0.6 is 0 Å². The van der Waals surface area contributed by atoms with Crippen molar-refractivity contribution in [2.45, 2.75) is 40.2 Å². The second-order valence-corrected chi connectivity index (χ2v) is 5.19. The molecule has 0 aliphatic carbocycles. The lowest BCUT2D eigenvalue weighted by atomic mass is 10.2. The van der Waals surface area contributed by atoms with Gasteiger partial charge in [-0.05, 0) is 18.9 Å². The number of amides is 2. The molecule has 21 heavy (non-hydrogen) atoms. The van der Waals surface area contributed by atoms with Gasteiger partial charge in [0.15, 0.2) is 0 Å². The van der Waals surface area contributed by atoms with Crippen molar-refractivity contribution < 1.29 is 9.59 Å². The molecule has 0 unspecified atom stereocenters. The topological polar surface area (TPSA) is 40.6 Å². The highest BCUT2D eigenvalue weighted by atomic mass is 16.2. The summed E-state index contributed by atoms with van der Waals surface area (Å²) in [4.78, 5) is 27.4. The van der Waals surface area contributed by atoms with Gasteiger partial charge in [-0.3, -0.25) is 9.59 Å². The van der Waals surface area contributed by atoms with Crippen LogP contribution < -0.4 is 0 Å². The minimum absolute atomic E-state index is 0.00709. The van der Waals surface area contributed by atoms with Crippen LogP contribution in [-0.2, 0) is 16.1 Å². The molecule has 0 atom stereocenters. The predicted molar refractivity (Wildman–Crippen MR) is 84.7 cm³/mol. The molecule has 0 radical (unpaired) electrons. The molecule has 1 aromatic rings. The number of nitrogens with zero attached hydrogens (tertiary/aromatic N) is 2. The lowest BCUT2D eigenvalue weighted by Crippen LogP contribution is -2.42. The van der Waals surface area contributed by atoms with Crippen molar-refractivity contribution in [1.82, 2.24) is 9.80 Å². The molecule has 2 amide bonds. The fourth-order valence-electron chi connectivity index (χ4n) is 2.14. The van der Waals surface area contributed by atoms with E-state index in [1.54, 1.807) is 9.80 Å². The molecular formula is C17H26N2O2. The molecule has 0 N–H and O–H groups in total. The monoisotopic (exact) mass is 290 g/mol. The van der Waals surface area contributed by atoms with Crippen LogP contribution in [0, 0.1) is 0 Å². The predicted octanol–water partition coefficient (Wildman–Crippen LogP) is 2.68. The van der Waals surface area contributed by atoms with Crippen LogP contribution in [0.5, 0.6) is 0 Å². The molecule has 0 aromatic heterocycles. The highest BCUT2D eigenvalue weighted by molar-refractivity contribution is 5.83. The lowest BCUT2D eigenvalue weighted by Gasteiger charge is -2.26. The minimum atomic E-state index is -0.0347. The second-order valence-electron chi connectivity index (χ2n) is 5.19. The number of hydrogen-bond donors (Lipinski definition) is 0. The van der Waals surface area contributed by atoms with Gasteiger partial charge in [0.25, 0.3) is 0 Å². The Balaban J connectivity index is 2.62. The van der Waals surface area contributed by atoms with Crippen molar-refractivity contribution in [3.63, 3.8) is 0 Å². The van der Waals surface area contributed by atoms with E-state index in [2.05, 4.69) is 6.92 Å². The summed E-state index contributed by atoms with van der Waals surface area (Å²) < 4.78 is 0. The first kappa shape index (κ1) is 17.2. The van der Waals surface area contributed by atoms with Crippen molar-refractivity contribution in [1.29, 1.82) is 0 Å². The molecule has 0 saturated carbocycles. The highest BCUT2D eigenvalue weighted by Gasteiger charge is 2.17. The molecule has 1 aromatic carbocycles. The van der Waals surface area contributed by atoms with Gasteiger partial charge in [-0.25, -0.2) is 0 Å². The van der Waals surface area contributed by atoms with E-state index in [0.29, 0.717) is 19.6 Å². The Morgan fingerprint density at radius 1 is 1.05 bits per heavy atom. The summed E-state index contributed by atoms with van der Waals surface area (Å²) >= 11 is 0. The quantitative estimate of drug-likeness (QED) is 0.738. The van der Waals surface area contributed by atoms with Gasteiger partial charge >= 0.3 is 0 Å². The van der Waals surface area contributed by atoms with Crippen LogP contribution in [0.4, 0.5) is 0 Å². The van der Waals surface area contributed by atoms with Crippen molar-refractivity contribution in [2.75, 3.05) is 19.6 Å². The summed E-state index contributed by atoms with van der Waals surface area (Å²) in [6.07, 6.45) is 1.94. The van der Waals surface area contributed by atoms with Crippen molar-refractivity contribution >= 4 is 11.8 Å². The number of rotatable bonds is 8. The number of unbranched alkanes of at least 4 members (excludes halogenated alkanes) is 1. The molecular weight excluding hydrogens is 264 g/mol. The molecule has 0 aliphatic rings. The van der Waals surface area contributed by atoms with E-state index in [1.165, 1.54) is 6.92 Å².